The third-order valence-corrected chi connectivity index (χ3v) is 4.67. The summed E-state index contributed by atoms with van der Waals surface area (Å²) in [5.74, 6) is -0.105. The van der Waals surface area contributed by atoms with Crippen LogP contribution in [0.5, 0.6) is 0 Å². The maximum absolute atomic E-state index is 12.3. The molecule has 0 aliphatic rings. The van der Waals surface area contributed by atoms with E-state index in [0.29, 0.717) is 19.3 Å². The molecule has 0 radical (unpaired) electrons. The van der Waals surface area contributed by atoms with Gasteiger partial charge in [0.2, 0.25) is 0 Å². The molecule has 0 aliphatic carbocycles. The van der Waals surface area contributed by atoms with Crippen molar-refractivity contribution in [2.24, 2.45) is 5.92 Å². The van der Waals surface area contributed by atoms with Crippen molar-refractivity contribution < 1.29 is 19.7 Å². The Kier molecular flexibility index (Phi) is 8.68. The highest BCUT2D eigenvalue weighted by atomic mass is 16.6. The molecule has 2 aromatic rings. The van der Waals surface area contributed by atoms with E-state index in [1.54, 1.807) is 20.8 Å². The van der Waals surface area contributed by atoms with E-state index in [2.05, 4.69) is 5.32 Å². The van der Waals surface area contributed by atoms with E-state index < -0.39 is 23.8 Å². The van der Waals surface area contributed by atoms with Crippen molar-refractivity contribution in [1.29, 1.82) is 0 Å². The summed E-state index contributed by atoms with van der Waals surface area (Å²) in [6.45, 7) is 5.38. The third-order valence-electron chi connectivity index (χ3n) is 4.67. The highest BCUT2D eigenvalue weighted by Gasteiger charge is 2.27. The summed E-state index contributed by atoms with van der Waals surface area (Å²) < 4.78 is 5.37. The summed E-state index contributed by atoms with van der Waals surface area (Å²) in [5.41, 5.74) is 1.50. The van der Waals surface area contributed by atoms with Crippen LogP contribution in [0.3, 0.4) is 0 Å². The number of ether oxygens (including phenoxy) is 1. The highest BCUT2D eigenvalue weighted by molar-refractivity contribution is 5.68. The van der Waals surface area contributed by atoms with E-state index in [9.17, 15) is 15.0 Å². The lowest BCUT2D eigenvalue weighted by atomic mass is 9.90. The van der Waals surface area contributed by atoms with Gasteiger partial charge in [0.1, 0.15) is 5.60 Å². The van der Waals surface area contributed by atoms with Gasteiger partial charge in [-0.15, -0.1) is 0 Å². The molecule has 2 aromatic carbocycles. The van der Waals surface area contributed by atoms with Gasteiger partial charge in [-0.3, -0.25) is 0 Å². The first kappa shape index (κ1) is 22.9. The van der Waals surface area contributed by atoms with Crippen LogP contribution in [0.1, 0.15) is 38.3 Å². The molecule has 0 bridgehead atoms. The van der Waals surface area contributed by atoms with E-state index >= 15 is 0 Å². The van der Waals surface area contributed by atoms with Crippen LogP contribution in [0.15, 0.2) is 60.7 Å². The van der Waals surface area contributed by atoms with E-state index in [4.69, 9.17) is 4.74 Å². The Hall–Kier alpha value is -2.37. The molecule has 0 aromatic heterocycles. The molecule has 158 valence electrons. The topological polar surface area (TPSA) is 78.8 Å². The Morgan fingerprint density at radius 1 is 0.966 bits per heavy atom. The van der Waals surface area contributed by atoms with Gasteiger partial charge in [-0.25, -0.2) is 4.79 Å². The van der Waals surface area contributed by atoms with Crippen LogP contribution >= 0.6 is 0 Å². The molecule has 5 heteroatoms. The lowest BCUT2D eigenvalue weighted by Crippen LogP contribution is -2.47. The molecule has 0 saturated heterocycles. The number of benzene rings is 2. The van der Waals surface area contributed by atoms with Crippen molar-refractivity contribution in [2.75, 3.05) is 6.61 Å². The summed E-state index contributed by atoms with van der Waals surface area (Å²) in [7, 11) is 0. The van der Waals surface area contributed by atoms with Gasteiger partial charge < -0.3 is 20.3 Å². The average Bonchev–Trinajstić information content (AvgIpc) is 2.67. The van der Waals surface area contributed by atoms with E-state index in [1.165, 1.54) is 0 Å². The molecule has 0 heterocycles. The van der Waals surface area contributed by atoms with Gasteiger partial charge in [0, 0.05) is 6.61 Å². The first-order valence-electron chi connectivity index (χ1n) is 10.1. The number of hydrogen-bond acceptors (Lipinski definition) is 4. The molecule has 5 nitrogen and oxygen atoms in total. The number of carbonyl (C=O) groups is 1. The summed E-state index contributed by atoms with van der Waals surface area (Å²) in [5, 5.41) is 23.6. The molecule has 0 fully saturated rings. The van der Waals surface area contributed by atoms with Crippen LogP contribution in [0.4, 0.5) is 4.79 Å². The SMILES string of the molecule is CC(C)(C)OC(=O)N[C@@H](Cc1ccccc1)[C@@H](O)C[C@@H](CO)Cc1ccccc1. The normalized spacial score (nSPS) is 14.7. The zero-order valence-corrected chi connectivity index (χ0v) is 17.5. The fourth-order valence-electron chi connectivity index (χ4n) is 3.29. The standard InChI is InChI=1S/C24H33NO4/c1-24(2,3)29-23(28)25-21(15-19-12-8-5-9-13-19)22(27)16-20(17-26)14-18-10-6-4-7-11-18/h4-13,20-22,26-27H,14-17H2,1-3H3,(H,25,28)/t20-,21-,22-/m0/s1. The smallest absolute Gasteiger partial charge is 0.407 e. The zero-order valence-electron chi connectivity index (χ0n) is 17.5. The molecular weight excluding hydrogens is 366 g/mol. The number of alkyl carbamates (subject to hydrolysis) is 1. The van der Waals surface area contributed by atoms with Crippen LogP contribution in [0.2, 0.25) is 0 Å². The summed E-state index contributed by atoms with van der Waals surface area (Å²) in [6, 6.07) is 19.1. The van der Waals surface area contributed by atoms with Crippen molar-refractivity contribution in [3.05, 3.63) is 71.8 Å². The number of aliphatic hydroxyl groups excluding tert-OH is 2. The Labute approximate surface area is 173 Å². The van der Waals surface area contributed by atoms with Gasteiger partial charge in [-0.2, -0.15) is 0 Å². The monoisotopic (exact) mass is 399 g/mol. The van der Waals surface area contributed by atoms with Gasteiger partial charge in [0.05, 0.1) is 12.1 Å². The number of nitrogens with one attached hydrogen (secondary N) is 1. The number of aliphatic hydroxyl groups is 2. The Balaban J connectivity index is 2.07. The molecule has 0 aliphatic heterocycles. The number of hydrogen-bond donors (Lipinski definition) is 3. The molecule has 2 rings (SSSR count). The molecule has 3 atom stereocenters. The lowest BCUT2D eigenvalue weighted by Gasteiger charge is -2.28. The minimum Gasteiger partial charge on any atom is -0.444 e. The van der Waals surface area contributed by atoms with E-state index in [1.807, 2.05) is 60.7 Å². The Morgan fingerprint density at radius 2 is 1.48 bits per heavy atom. The molecule has 29 heavy (non-hydrogen) atoms. The maximum atomic E-state index is 12.3. The second-order valence-electron chi connectivity index (χ2n) is 8.48. The van der Waals surface area contributed by atoms with E-state index in [-0.39, 0.29) is 12.5 Å². The van der Waals surface area contributed by atoms with Gasteiger partial charge in [-0.1, -0.05) is 60.7 Å². The largest absolute Gasteiger partial charge is 0.444 e. The molecule has 0 saturated carbocycles. The first-order valence-corrected chi connectivity index (χ1v) is 10.1. The average molecular weight is 400 g/mol. The van der Waals surface area contributed by atoms with Gasteiger partial charge in [-0.05, 0) is 57.1 Å². The summed E-state index contributed by atoms with van der Waals surface area (Å²) in [4.78, 5) is 12.3. The minimum absolute atomic E-state index is 0.0313. The highest BCUT2D eigenvalue weighted by Crippen LogP contribution is 2.18. The number of amides is 1. The van der Waals surface area contributed by atoms with Crippen LogP contribution < -0.4 is 5.32 Å². The summed E-state index contributed by atoms with van der Waals surface area (Å²) >= 11 is 0. The van der Waals surface area contributed by atoms with Crippen molar-refractivity contribution in [2.45, 2.75) is 57.8 Å². The van der Waals surface area contributed by atoms with Crippen LogP contribution in [0.25, 0.3) is 0 Å². The molecule has 3 N–H and O–H groups in total. The lowest BCUT2D eigenvalue weighted by molar-refractivity contribution is 0.0373. The molecular formula is C24H33NO4. The quantitative estimate of drug-likeness (QED) is 0.600. The third kappa shape index (κ3) is 8.67. The Morgan fingerprint density at radius 3 is 1.97 bits per heavy atom. The van der Waals surface area contributed by atoms with Crippen LogP contribution in [0, 0.1) is 5.92 Å². The fraction of sp³-hybridized carbons (Fsp3) is 0.458. The van der Waals surface area contributed by atoms with Gasteiger partial charge in [0.15, 0.2) is 0 Å². The second-order valence-corrected chi connectivity index (χ2v) is 8.48. The Bertz CT molecular complexity index is 728. The van der Waals surface area contributed by atoms with Crippen molar-refractivity contribution >= 4 is 6.09 Å². The van der Waals surface area contributed by atoms with Crippen molar-refractivity contribution in [3.8, 4) is 0 Å². The number of rotatable bonds is 9. The second kappa shape index (κ2) is 11.0. The molecule has 1 amide bonds. The van der Waals surface area contributed by atoms with Crippen molar-refractivity contribution in [3.63, 3.8) is 0 Å². The van der Waals surface area contributed by atoms with Crippen LogP contribution in [-0.4, -0.2) is 40.7 Å². The molecule has 0 unspecified atom stereocenters. The molecule has 0 spiro atoms. The van der Waals surface area contributed by atoms with Crippen LogP contribution in [-0.2, 0) is 17.6 Å². The van der Waals surface area contributed by atoms with Gasteiger partial charge in [0.25, 0.3) is 0 Å². The minimum atomic E-state index is -0.816. The maximum Gasteiger partial charge on any atom is 0.407 e. The fourth-order valence-corrected chi connectivity index (χ4v) is 3.29. The predicted octanol–water partition coefficient (Wildman–Crippen LogP) is 3.72. The summed E-state index contributed by atoms with van der Waals surface area (Å²) in [6.07, 6.45) is 0.146. The van der Waals surface area contributed by atoms with Gasteiger partial charge >= 0.3 is 6.09 Å². The first-order chi connectivity index (χ1) is 13.8. The predicted molar refractivity (Wildman–Crippen MR) is 115 cm³/mol. The number of carbonyl (C=O) groups excluding carboxylic acids is 1. The van der Waals surface area contributed by atoms with E-state index in [0.717, 1.165) is 11.1 Å². The zero-order chi connectivity index (χ0) is 21.3. The van der Waals surface area contributed by atoms with Crippen molar-refractivity contribution in [1.82, 2.24) is 5.32 Å².